The number of carbonyl (C=O) groups is 1. The third kappa shape index (κ3) is 5.23. The number of thioether (sulfide) groups is 1. The lowest BCUT2D eigenvalue weighted by atomic mass is 9.77. The van der Waals surface area contributed by atoms with E-state index in [9.17, 15) is 13.6 Å². The molecule has 1 saturated carbocycles. The molecule has 0 radical (unpaired) electrons. The van der Waals surface area contributed by atoms with Crippen molar-refractivity contribution < 1.29 is 13.6 Å². The molecule has 3 aromatic rings. The van der Waals surface area contributed by atoms with E-state index in [1.54, 1.807) is 29.3 Å². The Morgan fingerprint density at radius 1 is 1.03 bits per heavy atom. The number of hydrazone groups is 1. The number of allylic oxidation sites excluding steroid dienone is 1. The Balaban J connectivity index is 1.46. The minimum atomic E-state index is -0.321. The number of fused-ring (bicyclic) bond motifs is 1. The molecule has 184 valence electrons. The fraction of sp³-hybridized carbons (Fsp3) is 0.286. The normalized spacial score (nSPS) is 20.4. The van der Waals surface area contributed by atoms with Crippen LogP contribution < -0.4 is 0 Å². The molecule has 0 N–H and O–H groups in total. The van der Waals surface area contributed by atoms with Crippen molar-refractivity contribution in [1.82, 2.24) is 15.0 Å². The standard InChI is InChI=1S/C28H26F2N4OS/c1-17-14-18(2)32-28(31-17)36-16-25(35)34-27(20-8-12-23(30)13-9-20)24-5-3-4-21(26(24)33-34)15-19-6-10-22(29)11-7-19/h6-15,24,27H,3-5,16H2,1-2H3/b21-15+. The van der Waals surface area contributed by atoms with E-state index in [0.717, 1.165) is 53.1 Å². The van der Waals surface area contributed by atoms with E-state index in [2.05, 4.69) is 9.97 Å². The summed E-state index contributed by atoms with van der Waals surface area (Å²) >= 11 is 1.29. The van der Waals surface area contributed by atoms with Crippen molar-refractivity contribution in [3.63, 3.8) is 0 Å². The van der Waals surface area contributed by atoms with Crippen LogP contribution in [0.5, 0.6) is 0 Å². The molecular weight excluding hydrogens is 478 g/mol. The van der Waals surface area contributed by atoms with Gasteiger partial charge in [-0.2, -0.15) is 5.10 Å². The molecule has 1 aliphatic carbocycles. The second-order valence-corrected chi connectivity index (χ2v) is 10.1. The zero-order valence-corrected chi connectivity index (χ0v) is 20.9. The summed E-state index contributed by atoms with van der Waals surface area (Å²) < 4.78 is 27.1. The van der Waals surface area contributed by atoms with Crippen molar-refractivity contribution in [2.24, 2.45) is 11.0 Å². The van der Waals surface area contributed by atoms with E-state index in [0.29, 0.717) is 5.16 Å². The van der Waals surface area contributed by atoms with Gasteiger partial charge in [-0.05, 0) is 86.2 Å². The SMILES string of the molecule is Cc1cc(C)nc(SCC(=O)N2N=C3/C(=C/c4ccc(F)cc4)CCCC3C2c2ccc(F)cc2)n1. The number of hydrogen-bond acceptors (Lipinski definition) is 5. The molecule has 0 saturated heterocycles. The van der Waals surface area contributed by atoms with E-state index in [1.807, 2.05) is 26.0 Å². The number of hydrogen-bond donors (Lipinski definition) is 0. The van der Waals surface area contributed by atoms with Gasteiger partial charge in [-0.15, -0.1) is 0 Å². The molecule has 2 heterocycles. The highest BCUT2D eigenvalue weighted by Gasteiger charge is 2.43. The van der Waals surface area contributed by atoms with Crippen LogP contribution in [0.1, 0.15) is 47.8 Å². The highest BCUT2D eigenvalue weighted by molar-refractivity contribution is 7.99. The molecular formula is C28H26F2N4OS. The topological polar surface area (TPSA) is 58.5 Å². The molecule has 1 aliphatic heterocycles. The fourth-order valence-electron chi connectivity index (χ4n) is 4.91. The third-order valence-electron chi connectivity index (χ3n) is 6.47. The molecule has 1 amide bonds. The predicted octanol–water partition coefficient (Wildman–Crippen LogP) is 6.29. The highest BCUT2D eigenvalue weighted by Crippen LogP contribution is 2.44. The van der Waals surface area contributed by atoms with Crippen molar-refractivity contribution in [3.05, 3.63) is 94.3 Å². The first kappa shape index (κ1) is 24.3. The second kappa shape index (κ2) is 10.3. The summed E-state index contributed by atoms with van der Waals surface area (Å²) in [5, 5.41) is 6.96. The van der Waals surface area contributed by atoms with Crippen molar-refractivity contribution in [1.29, 1.82) is 0 Å². The van der Waals surface area contributed by atoms with Crippen LogP contribution >= 0.6 is 11.8 Å². The van der Waals surface area contributed by atoms with Gasteiger partial charge in [0.15, 0.2) is 5.16 Å². The molecule has 0 bridgehead atoms. The van der Waals surface area contributed by atoms with Crippen molar-refractivity contribution in [2.45, 2.75) is 44.3 Å². The predicted molar refractivity (Wildman–Crippen MR) is 137 cm³/mol. The minimum Gasteiger partial charge on any atom is -0.272 e. The molecule has 36 heavy (non-hydrogen) atoms. The number of benzene rings is 2. The number of amides is 1. The molecule has 0 spiro atoms. The highest BCUT2D eigenvalue weighted by atomic mass is 32.2. The maximum absolute atomic E-state index is 13.7. The van der Waals surface area contributed by atoms with Crippen LogP contribution in [0, 0.1) is 31.4 Å². The van der Waals surface area contributed by atoms with Gasteiger partial charge >= 0.3 is 0 Å². The Hall–Kier alpha value is -3.39. The summed E-state index contributed by atoms with van der Waals surface area (Å²) in [5.41, 5.74) is 5.37. The van der Waals surface area contributed by atoms with E-state index >= 15 is 0 Å². The van der Waals surface area contributed by atoms with Crippen molar-refractivity contribution in [2.75, 3.05) is 5.75 Å². The zero-order valence-electron chi connectivity index (χ0n) is 20.1. The van der Waals surface area contributed by atoms with E-state index in [4.69, 9.17) is 5.10 Å². The van der Waals surface area contributed by atoms with Gasteiger partial charge in [-0.25, -0.2) is 23.8 Å². The maximum atomic E-state index is 13.7. The average Bonchev–Trinajstić information content (AvgIpc) is 3.25. The van der Waals surface area contributed by atoms with Gasteiger partial charge in [0.25, 0.3) is 5.91 Å². The van der Waals surface area contributed by atoms with Crippen LogP contribution in [-0.4, -0.2) is 32.3 Å². The van der Waals surface area contributed by atoms with Crippen LogP contribution in [0.3, 0.4) is 0 Å². The summed E-state index contributed by atoms with van der Waals surface area (Å²) in [5.74, 6) is -0.613. The lowest BCUT2D eigenvalue weighted by molar-refractivity contribution is -0.130. The second-order valence-electron chi connectivity index (χ2n) is 9.16. The lowest BCUT2D eigenvalue weighted by Gasteiger charge is -2.29. The Morgan fingerprint density at radius 3 is 2.33 bits per heavy atom. The lowest BCUT2D eigenvalue weighted by Crippen LogP contribution is -2.32. The number of halogens is 2. The first-order valence-corrected chi connectivity index (χ1v) is 12.9. The maximum Gasteiger partial charge on any atom is 0.253 e. The average molecular weight is 505 g/mol. The van der Waals surface area contributed by atoms with Gasteiger partial charge in [0.05, 0.1) is 17.5 Å². The Bertz CT molecular complexity index is 1320. The van der Waals surface area contributed by atoms with E-state index < -0.39 is 0 Å². The number of aromatic nitrogens is 2. The molecule has 2 unspecified atom stereocenters. The smallest absolute Gasteiger partial charge is 0.253 e. The molecule has 2 atom stereocenters. The van der Waals surface area contributed by atoms with Gasteiger partial charge in [0, 0.05) is 17.3 Å². The number of nitrogens with zero attached hydrogens (tertiary/aromatic N) is 4. The van der Waals surface area contributed by atoms with Gasteiger partial charge in [-0.1, -0.05) is 36.0 Å². The van der Waals surface area contributed by atoms with Gasteiger partial charge in [0.1, 0.15) is 11.6 Å². The zero-order chi connectivity index (χ0) is 25.2. The van der Waals surface area contributed by atoms with Crippen molar-refractivity contribution >= 4 is 29.5 Å². The van der Waals surface area contributed by atoms with Gasteiger partial charge in [-0.3, -0.25) is 4.79 Å². The summed E-state index contributed by atoms with van der Waals surface area (Å²) in [4.78, 5) is 22.3. The quantitative estimate of drug-likeness (QED) is 0.303. The van der Waals surface area contributed by atoms with Gasteiger partial charge < -0.3 is 0 Å². The third-order valence-corrected chi connectivity index (χ3v) is 7.30. The Labute approximate surface area is 213 Å². The molecule has 5 nitrogen and oxygen atoms in total. The summed E-state index contributed by atoms with van der Waals surface area (Å²) in [6, 6.07) is 14.2. The molecule has 1 aromatic heterocycles. The Kier molecular flexibility index (Phi) is 6.96. The first-order chi connectivity index (χ1) is 17.4. The van der Waals surface area contributed by atoms with Crippen LogP contribution in [0.25, 0.3) is 6.08 Å². The van der Waals surface area contributed by atoms with Crippen LogP contribution in [0.4, 0.5) is 8.78 Å². The summed E-state index contributed by atoms with van der Waals surface area (Å²) in [7, 11) is 0. The molecule has 2 aromatic carbocycles. The number of carbonyl (C=O) groups excluding carboxylic acids is 1. The molecule has 8 heteroatoms. The summed E-state index contributed by atoms with van der Waals surface area (Å²) in [6.45, 7) is 3.80. The first-order valence-electron chi connectivity index (χ1n) is 11.9. The van der Waals surface area contributed by atoms with Crippen LogP contribution in [0.2, 0.25) is 0 Å². The van der Waals surface area contributed by atoms with E-state index in [1.165, 1.54) is 36.0 Å². The molecule has 2 aliphatic rings. The van der Waals surface area contributed by atoms with Crippen LogP contribution in [-0.2, 0) is 4.79 Å². The monoisotopic (exact) mass is 504 g/mol. The number of aryl methyl sites for hydroxylation is 2. The molecule has 1 fully saturated rings. The Morgan fingerprint density at radius 2 is 1.67 bits per heavy atom. The largest absolute Gasteiger partial charge is 0.272 e. The fourth-order valence-corrected chi connectivity index (χ4v) is 5.71. The van der Waals surface area contributed by atoms with Crippen LogP contribution in [0.15, 0.2) is 70.4 Å². The molecule has 5 rings (SSSR count). The number of rotatable bonds is 5. The van der Waals surface area contributed by atoms with E-state index in [-0.39, 0.29) is 35.3 Å². The minimum absolute atomic E-state index is 0.00215. The van der Waals surface area contributed by atoms with Gasteiger partial charge in [0.2, 0.25) is 0 Å². The summed E-state index contributed by atoms with van der Waals surface area (Å²) in [6.07, 6.45) is 4.68. The van der Waals surface area contributed by atoms with Crippen molar-refractivity contribution in [3.8, 4) is 0 Å².